The topological polar surface area (TPSA) is 95.1 Å². The van der Waals surface area contributed by atoms with Crippen molar-refractivity contribution in [2.45, 2.75) is 38.6 Å². The standard InChI is InChI=1S/C21H37N5O3S/c1-4-30(27,28)25-14-8-13-23-21(22-2)24-17-20(26-15-6-5-7-16-26)18-9-11-19(29-3)12-10-18/h9-12,20,25H,4-8,13-17H2,1-3H3,(H2,22,23,24). The van der Waals surface area contributed by atoms with Crippen LogP contribution in [0.4, 0.5) is 0 Å². The molecule has 1 aliphatic heterocycles. The maximum Gasteiger partial charge on any atom is 0.211 e. The van der Waals surface area contributed by atoms with E-state index in [1.54, 1.807) is 21.1 Å². The molecule has 1 unspecified atom stereocenters. The van der Waals surface area contributed by atoms with Crippen LogP contribution in [0.25, 0.3) is 0 Å². The van der Waals surface area contributed by atoms with Gasteiger partial charge in [-0.25, -0.2) is 13.1 Å². The van der Waals surface area contributed by atoms with Crippen molar-refractivity contribution in [1.82, 2.24) is 20.3 Å². The molecule has 0 radical (unpaired) electrons. The number of piperidine rings is 1. The Hall–Kier alpha value is -1.84. The van der Waals surface area contributed by atoms with Crippen molar-refractivity contribution in [2.24, 2.45) is 4.99 Å². The summed E-state index contributed by atoms with van der Waals surface area (Å²) < 4.78 is 30.8. The van der Waals surface area contributed by atoms with Gasteiger partial charge in [0, 0.05) is 26.7 Å². The van der Waals surface area contributed by atoms with E-state index in [1.165, 1.54) is 24.8 Å². The minimum absolute atomic E-state index is 0.104. The van der Waals surface area contributed by atoms with E-state index in [-0.39, 0.29) is 11.8 Å². The van der Waals surface area contributed by atoms with Crippen LogP contribution in [0.1, 0.15) is 44.2 Å². The fourth-order valence-electron chi connectivity index (χ4n) is 3.55. The lowest BCUT2D eigenvalue weighted by Crippen LogP contribution is -2.45. The Morgan fingerprint density at radius 2 is 1.83 bits per heavy atom. The molecule has 0 aromatic heterocycles. The minimum Gasteiger partial charge on any atom is -0.497 e. The van der Waals surface area contributed by atoms with Gasteiger partial charge in [0.15, 0.2) is 5.96 Å². The van der Waals surface area contributed by atoms with Crippen LogP contribution in [0.5, 0.6) is 5.75 Å². The van der Waals surface area contributed by atoms with E-state index in [0.29, 0.717) is 19.5 Å². The molecule has 0 aliphatic carbocycles. The average molecular weight is 440 g/mol. The van der Waals surface area contributed by atoms with Gasteiger partial charge in [0.05, 0.1) is 18.9 Å². The number of ether oxygens (including phenoxy) is 1. The molecular formula is C21H37N5O3S. The lowest BCUT2D eigenvalue weighted by Gasteiger charge is -2.35. The van der Waals surface area contributed by atoms with Gasteiger partial charge < -0.3 is 15.4 Å². The number of benzene rings is 1. The summed E-state index contributed by atoms with van der Waals surface area (Å²) >= 11 is 0. The highest BCUT2D eigenvalue weighted by Gasteiger charge is 2.22. The van der Waals surface area contributed by atoms with Gasteiger partial charge in [-0.3, -0.25) is 9.89 Å². The quantitative estimate of drug-likeness (QED) is 0.276. The average Bonchev–Trinajstić information content (AvgIpc) is 2.78. The van der Waals surface area contributed by atoms with E-state index in [4.69, 9.17) is 4.74 Å². The number of hydrogen-bond acceptors (Lipinski definition) is 5. The summed E-state index contributed by atoms with van der Waals surface area (Å²) in [6.07, 6.45) is 4.44. The normalized spacial score (nSPS) is 16.8. The molecule has 3 N–H and O–H groups in total. The maximum atomic E-state index is 11.5. The van der Waals surface area contributed by atoms with Crippen molar-refractivity contribution in [3.05, 3.63) is 29.8 Å². The highest BCUT2D eigenvalue weighted by Crippen LogP contribution is 2.25. The molecule has 0 bridgehead atoms. The van der Waals surface area contributed by atoms with E-state index in [1.807, 2.05) is 12.1 Å². The zero-order valence-corrected chi connectivity index (χ0v) is 19.3. The van der Waals surface area contributed by atoms with E-state index < -0.39 is 10.0 Å². The fraction of sp³-hybridized carbons (Fsp3) is 0.667. The second-order valence-corrected chi connectivity index (χ2v) is 9.51. The number of nitrogens with one attached hydrogen (secondary N) is 3. The smallest absolute Gasteiger partial charge is 0.211 e. The predicted molar refractivity (Wildman–Crippen MR) is 123 cm³/mol. The molecule has 1 atom stereocenters. The van der Waals surface area contributed by atoms with Crippen molar-refractivity contribution in [1.29, 1.82) is 0 Å². The number of rotatable bonds is 11. The van der Waals surface area contributed by atoms with Crippen LogP contribution in [-0.2, 0) is 10.0 Å². The van der Waals surface area contributed by atoms with Crippen LogP contribution < -0.4 is 20.1 Å². The largest absolute Gasteiger partial charge is 0.497 e. The summed E-state index contributed by atoms with van der Waals surface area (Å²) in [5.74, 6) is 1.69. The van der Waals surface area contributed by atoms with E-state index in [2.05, 4.69) is 37.4 Å². The van der Waals surface area contributed by atoms with Crippen molar-refractivity contribution < 1.29 is 13.2 Å². The SMILES string of the molecule is CCS(=O)(=O)NCCCNC(=NC)NCC(c1ccc(OC)cc1)N1CCCCC1. The third kappa shape index (κ3) is 8.12. The second-order valence-electron chi connectivity index (χ2n) is 7.42. The van der Waals surface area contributed by atoms with Gasteiger partial charge in [0.2, 0.25) is 10.0 Å². The van der Waals surface area contributed by atoms with Crippen LogP contribution in [0, 0.1) is 0 Å². The fourth-order valence-corrected chi connectivity index (χ4v) is 4.21. The van der Waals surface area contributed by atoms with Crippen LogP contribution in [0.3, 0.4) is 0 Å². The van der Waals surface area contributed by atoms with Gasteiger partial charge in [0.1, 0.15) is 5.75 Å². The Labute approximate surface area is 181 Å². The van der Waals surface area contributed by atoms with Gasteiger partial charge in [0.25, 0.3) is 0 Å². The molecule has 8 nitrogen and oxygen atoms in total. The first-order chi connectivity index (χ1) is 14.5. The zero-order chi connectivity index (χ0) is 21.8. The molecule has 0 amide bonds. The Kier molecular flexibility index (Phi) is 10.4. The number of aliphatic imine (C=N–C) groups is 1. The molecule has 1 saturated heterocycles. The third-order valence-corrected chi connectivity index (χ3v) is 6.77. The molecule has 0 spiro atoms. The van der Waals surface area contributed by atoms with Crippen molar-refractivity contribution in [2.75, 3.05) is 52.6 Å². The number of methoxy groups -OCH3 is 1. The number of nitrogens with zero attached hydrogens (tertiary/aromatic N) is 2. The number of guanidine groups is 1. The highest BCUT2D eigenvalue weighted by atomic mass is 32.2. The molecule has 2 rings (SSSR count). The molecule has 0 saturated carbocycles. The first-order valence-corrected chi connectivity index (χ1v) is 12.4. The first kappa shape index (κ1) is 24.4. The Balaban J connectivity index is 1.89. The lowest BCUT2D eigenvalue weighted by molar-refractivity contribution is 0.164. The lowest BCUT2D eigenvalue weighted by atomic mass is 10.0. The van der Waals surface area contributed by atoms with E-state index >= 15 is 0 Å². The summed E-state index contributed by atoms with van der Waals surface area (Å²) in [4.78, 5) is 6.84. The summed E-state index contributed by atoms with van der Waals surface area (Å²) in [7, 11) is 0.297. The second kappa shape index (κ2) is 12.8. The van der Waals surface area contributed by atoms with Crippen LogP contribution in [-0.4, -0.2) is 71.9 Å². The third-order valence-electron chi connectivity index (χ3n) is 5.37. The highest BCUT2D eigenvalue weighted by molar-refractivity contribution is 7.89. The van der Waals surface area contributed by atoms with E-state index in [9.17, 15) is 8.42 Å². The van der Waals surface area contributed by atoms with Gasteiger partial charge in [-0.2, -0.15) is 0 Å². The summed E-state index contributed by atoms with van der Waals surface area (Å²) in [6.45, 7) is 5.64. The Bertz CT molecular complexity index is 746. The molecule has 30 heavy (non-hydrogen) atoms. The predicted octanol–water partition coefficient (Wildman–Crippen LogP) is 1.72. The van der Waals surface area contributed by atoms with Gasteiger partial charge >= 0.3 is 0 Å². The van der Waals surface area contributed by atoms with Crippen LogP contribution in [0.2, 0.25) is 0 Å². The molecule has 170 valence electrons. The molecule has 1 heterocycles. The van der Waals surface area contributed by atoms with Crippen molar-refractivity contribution in [3.8, 4) is 5.75 Å². The molecular weight excluding hydrogens is 402 g/mol. The van der Waals surface area contributed by atoms with Crippen LogP contribution >= 0.6 is 0 Å². The van der Waals surface area contributed by atoms with Crippen molar-refractivity contribution >= 4 is 16.0 Å². The number of sulfonamides is 1. The number of likely N-dealkylation sites (tertiary alicyclic amines) is 1. The van der Waals surface area contributed by atoms with Crippen LogP contribution in [0.15, 0.2) is 29.3 Å². The first-order valence-electron chi connectivity index (χ1n) is 10.8. The van der Waals surface area contributed by atoms with Gasteiger partial charge in [-0.05, 0) is 57.0 Å². The Morgan fingerprint density at radius 1 is 1.13 bits per heavy atom. The molecule has 1 aromatic carbocycles. The van der Waals surface area contributed by atoms with E-state index in [0.717, 1.165) is 31.3 Å². The minimum atomic E-state index is -3.13. The van der Waals surface area contributed by atoms with Gasteiger partial charge in [-0.1, -0.05) is 18.6 Å². The molecule has 1 aromatic rings. The van der Waals surface area contributed by atoms with Crippen molar-refractivity contribution in [3.63, 3.8) is 0 Å². The monoisotopic (exact) mass is 439 g/mol. The van der Waals surface area contributed by atoms with Gasteiger partial charge in [-0.15, -0.1) is 0 Å². The summed E-state index contributed by atoms with van der Waals surface area (Å²) in [5.41, 5.74) is 1.26. The molecule has 1 aliphatic rings. The zero-order valence-electron chi connectivity index (χ0n) is 18.5. The summed E-state index contributed by atoms with van der Waals surface area (Å²) in [6, 6.07) is 8.55. The molecule has 9 heteroatoms. The number of hydrogen-bond donors (Lipinski definition) is 3. The Morgan fingerprint density at radius 3 is 2.43 bits per heavy atom. The summed E-state index contributed by atoms with van der Waals surface area (Å²) in [5, 5.41) is 6.71. The molecule has 1 fully saturated rings. The maximum absolute atomic E-state index is 11.5.